The largest absolute Gasteiger partial charge is 0.390 e. The summed E-state index contributed by atoms with van der Waals surface area (Å²) in [7, 11) is 2.15. The molecule has 0 bridgehead atoms. The zero-order valence-electron chi connectivity index (χ0n) is 10.3. The molecule has 0 aromatic carbocycles. The summed E-state index contributed by atoms with van der Waals surface area (Å²) < 4.78 is 2.05. The molecular weight excluding hydrogens is 200 g/mol. The lowest BCUT2D eigenvalue weighted by Gasteiger charge is -2.34. The monoisotopic (exact) mass is 220 g/mol. The molecule has 0 unspecified atom stereocenters. The number of fused-ring (bicyclic) bond motifs is 1. The van der Waals surface area contributed by atoms with Gasteiger partial charge in [0.25, 0.3) is 0 Å². The molecule has 0 saturated carbocycles. The predicted octanol–water partition coefficient (Wildman–Crippen LogP) is 2.19. The lowest BCUT2D eigenvalue weighted by molar-refractivity contribution is 0.226. The fourth-order valence-electron chi connectivity index (χ4n) is 2.72. The minimum absolute atomic E-state index is 0.0716. The smallest absolute Gasteiger partial charge is 0.0836 e. The quantitative estimate of drug-likeness (QED) is 0.827. The van der Waals surface area contributed by atoms with Crippen molar-refractivity contribution in [2.45, 2.75) is 32.4 Å². The summed E-state index contributed by atoms with van der Waals surface area (Å²) in [5.74, 6) is 0.481. The fourth-order valence-corrected chi connectivity index (χ4v) is 2.72. The Morgan fingerprint density at radius 1 is 1.56 bits per heavy atom. The van der Waals surface area contributed by atoms with E-state index in [1.165, 1.54) is 11.3 Å². The van der Waals surface area contributed by atoms with Crippen molar-refractivity contribution >= 4 is 6.20 Å². The molecule has 1 aliphatic heterocycles. The number of rotatable bonds is 2. The van der Waals surface area contributed by atoms with Gasteiger partial charge in [-0.3, -0.25) is 4.90 Å². The molecule has 1 aromatic rings. The number of nitrogens with zero attached hydrogens (tertiary/aromatic N) is 2. The van der Waals surface area contributed by atoms with E-state index < -0.39 is 0 Å². The maximum absolute atomic E-state index is 9.35. The Bertz CT molecular complexity index is 408. The van der Waals surface area contributed by atoms with Gasteiger partial charge in [-0.05, 0) is 25.6 Å². The Kier molecular flexibility index (Phi) is 2.91. The minimum atomic E-state index is 0.0716. The molecule has 88 valence electrons. The first-order valence-electron chi connectivity index (χ1n) is 5.77. The number of aromatic nitrogens is 1. The van der Waals surface area contributed by atoms with Crippen molar-refractivity contribution in [1.82, 2.24) is 9.47 Å². The second kappa shape index (κ2) is 4.07. The van der Waals surface area contributed by atoms with E-state index >= 15 is 0 Å². The van der Waals surface area contributed by atoms with Gasteiger partial charge in [0.05, 0.1) is 6.61 Å². The predicted molar refractivity (Wildman–Crippen MR) is 66.2 cm³/mol. The maximum atomic E-state index is 9.35. The molecule has 2 rings (SSSR count). The van der Waals surface area contributed by atoms with Crippen molar-refractivity contribution in [3.8, 4) is 0 Å². The van der Waals surface area contributed by atoms with Crippen LogP contribution in [0, 0.1) is 0 Å². The van der Waals surface area contributed by atoms with Crippen LogP contribution in [-0.4, -0.2) is 28.2 Å². The third kappa shape index (κ3) is 1.51. The van der Waals surface area contributed by atoms with Gasteiger partial charge in [0.15, 0.2) is 0 Å². The van der Waals surface area contributed by atoms with Gasteiger partial charge in [0.1, 0.15) is 0 Å². The van der Waals surface area contributed by atoms with Crippen molar-refractivity contribution in [1.29, 1.82) is 0 Å². The molecule has 0 fully saturated rings. The third-order valence-corrected chi connectivity index (χ3v) is 3.67. The summed E-state index contributed by atoms with van der Waals surface area (Å²) in [5.41, 5.74) is 3.57. The maximum Gasteiger partial charge on any atom is 0.0836 e. The summed E-state index contributed by atoms with van der Waals surface area (Å²) in [6.07, 6.45) is 1.80. The molecule has 1 aliphatic rings. The molecule has 3 heteroatoms. The van der Waals surface area contributed by atoms with E-state index in [1.54, 1.807) is 6.20 Å². The molecular formula is C13H20N2O. The highest BCUT2D eigenvalue weighted by atomic mass is 16.3. The molecule has 0 radical (unpaired) electrons. The molecule has 16 heavy (non-hydrogen) atoms. The van der Waals surface area contributed by atoms with Crippen LogP contribution >= 0.6 is 0 Å². The number of aliphatic hydroxyl groups excluding tert-OH is 1. The van der Waals surface area contributed by atoms with Gasteiger partial charge in [0, 0.05) is 36.1 Å². The van der Waals surface area contributed by atoms with Crippen LogP contribution in [-0.2, 0) is 6.61 Å². The Balaban J connectivity index is 2.59. The Morgan fingerprint density at radius 2 is 2.25 bits per heavy atom. The van der Waals surface area contributed by atoms with Gasteiger partial charge in [-0.2, -0.15) is 0 Å². The molecule has 0 amide bonds. The van der Waals surface area contributed by atoms with Crippen LogP contribution < -0.4 is 0 Å². The molecule has 2 heterocycles. The number of hydrogen-bond donors (Lipinski definition) is 1. The Labute approximate surface area is 97.0 Å². The molecule has 2 atom stereocenters. The second-order valence-corrected chi connectivity index (χ2v) is 4.70. The van der Waals surface area contributed by atoms with Gasteiger partial charge in [0.2, 0.25) is 0 Å². The lowest BCUT2D eigenvalue weighted by atomic mass is 9.93. The van der Waals surface area contributed by atoms with Gasteiger partial charge in [-0.15, -0.1) is 0 Å². The second-order valence-electron chi connectivity index (χ2n) is 4.70. The van der Waals surface area contributed by atoms with Crippen LogP contribution in [0.15, 0.2) is 12.6 Å². The Hall–Kier alpha value is -1.06. The van der Waals surface area contributed by atoms with Crippen LogP contribution in [0.5, 0.6) is 0 Å². The van der Waals surface area contributed by atoms with E-state index in [0.29, 0.717) is 12.0 Å². The fraction of sp³-hybridized carbons (Fsp3) is 0.538. The average molecular weight is 220 g/mol. The summed E-state index contributed by atoms with van der Waals surface area (Å²) in [6, 6.07) is 2.52. The van der Waals surface area contributed by atoms with Crippen molar-refractivity contribution in [3.05, 3.63) is 29.6 Å². The van der Waals surface area contributed by atoms with Gasteiger partial charge in [-0.1, -0.05) is 13.5 Å². The zero-order valence-corrected chi connectivity index (χ0v) is 10.3. The number of likely N-dealkylation sites (N-methyl/N-ethyl adjacent to an activating group) is 1. The van der Waals surface area contributed by atoms with E-state index in [-0.39, 0.29) is 6.61 Å². The summed E-state index contributed by atoms with van der Waals surface area (Å²) >= 11 is 0. The van der Waals surface area contributed by atoms with Crippen LogP contribution in [0.1, 0.15) is 42.8 Å². The van der Waals surface area contributed by atoms with Crippen molar-refractivity contribution in [2.24, 2.45) is 0 Å². The topological polar surface area (TPSA) is 28.4 Å². The first kappa shape index (κ1) is 11.4. The van der Waals surface area contributed by atoms with E-state index in [9.17, 15) is 5.11 Å². The summed E-state index contributed by atoms with van der Waals surface area (Å²) in [4.78, 5) is 2.35. The van der Waals surface area contributed by atoms with E-state index in [0.717, 1.165) is 12.2 Å². The highest BCUT2D eigenvalue weighted by molar-refractivity contribution is 5.42. The molecule has 1 N–H and O–H groups in total. The van der Waals surface area contributed by atoms with Crippen molar-refractivity contribution in [2.75, 3.05) is 13.6 Å². The van der Waals surface area contributed by atoms with E-state index in [1.807, 2.05) is 4.57 Å². The number of aliphatic hydroxyl groups is 1. The lowest BCUT2D eigenvalue weighted by Crippen LogP contribution is -2.32. The van der Waals surface area contributed by atoms with Crippen LogP contribution in [0.2, 0.25) is 0 Å². The summed E-state index contributed by atoms with van der Waals surface area (Å²) in [5, 5.41) is 9.35. The summed E-state index contributed by atoms with van der Waals surface area (Å²) in [6.45, 7) is 9.39. The third-order valence-electron chi connectivity index (χ3n) is 3.67. The first-order valence-corrected chi connectivity index (χ1v) is 5.77. The first-order chi connectivity index (χ1) is 7.60. The van der Waals surface area contributed by atoms with Gasteiger partial charge < -0.3 is 9.67 Å². The SMILES string of the molecule is C=Cn1c(CO)cc2c1[C@H](C)CN(C)[C@H]2C. The molecule has 3 nitrogen and oxygen atoms in total. The van der Waals surface area contributed by atoms with Crippen molar-refractivity contribution < 1.29 is 5.11 Å². The van der Waals surface area contributed by atoms with Gasteiger partial charge >= 0.3 is 0 Å². The minimum Gasteiger partial charge on any atom is -0.390 e. The van der Waals surface area contributed by atoms with Crippen molar-refractivity contribution in [3.63, 3.8) is 0 Å². The molecule has 0 saturated heterocycles. The molecule has 0 aliphatic carbocycles. The highest BCUT2D eigenvalue weighted by Crippen LogP contribution is 2.37. The molecule has 0 spiro atoms. The zero-order chi connectivity index (χ0) is 11.9. The van der Waals surface area contributed by atoms with Crippen LogP contribution in [0.3, 0.4) is 0 Å². The normalized spacial score (nSPS) is 25.5. The van der Waals surface area contributed by atoms with Gasteiger partial charge in [-0.25, -0.2) is 0 Å². The average Bonchev–Trinajstić information content (AvgIpc) is 2.64. The standard InChI is InChI=1S/C13H20N2O/c1-5-15-11(8-16)6-12-10(3)14(4)7-9(2)13(12)15/h5-6,9-10,16H,1,7-8H2,2-4H3/t9-,10+/m1/s1. The van der Waals surface area contributed by atoms with E-state index in [4.69, 9.17) is 0 Å². The Morgan fingerprint density at radius 3 is 2.81 bits per heavy atom. The van der Waals surface area contributed by atoms with Crippen LogP contribution in [0.25, 0.3) is 6.20 Å². The number of hydrogen-bond acceptors (Lipinski definition) is 2. The highest BCUT2D eigenvalue weighted by Gasteiger charge is 2.29. The van der Waals surface area contributed by atoms with Crippen LogP contribution in [0.4, 0.5) is 0 Å². The van der Waals surface area contributed by atoms with E-state index in [2.05, 4.69) is 38.4 Å². The molecule has 1 aromatic heterocycles.